The Morgan fingerprint density at radius 1 is 1.16 bits per heavy atom. The summed E-state index contributed by atoms with van der Waals surface area (Å²) in [5, 5.41) is 8.83. The number of aryl methyl sites for hydroxylation is 3. The van der Waals surface area contributed by atoms with Crippen molar-refractivity contribution in [1.82, 2.24) is 4.98 Å². The first-order valence-corrected chi connectivity index (χ1v) is 9.67. The maximum Gasteiger partial charge on any atom is 0.416 e. The predicted molar refractivity (Wildman–Crippen MR) is 108 cm³/mol. The number of oxazole rings is 1. The van der Waals surface area contributed by atoms with E-state index in [0.717, 1.165) is 23.3 Å². The molecule has 0 fully saturated rings. The van der Waals surface area contributed by atoms with Gasteiger partial charge < -0.3 is 14.3 Å². The fraction of sp³-hybridized carbons (Fsp3) is 0.304. The molecule has 8 heteroatoms. The number of carbonyl (C=O) groups is 1. The molecule has 3 aromatic rings. The number of aromatic nitrogens is 1. The molecule has 164 valence electrons. The van der Waals surface area contributed by atoms with Crippen LogP contribution in [-0.2, 0) is 17.4 Å². The monoisotopic (exact) mass is 433 g/mol. The lowest BCUT2D eigenvalue weighted by molar-refractivity contribution is -0.138. The zero-order valence-corrected chi connectivity index (χ0v) is 17.3. The zero-order valence-electron chi connectivity index (χ0n) is 17.3. The van der Waals surface area contributed by atoms with Crippen LogP contribution >= 0.6 is 0 Å². The van der Waals surface area contributed by atoms with Gasteiger partial charge in [-0.2, -0.15) is 13.2 Å². The lowest BCUT2D eigenvalue weighted by Crippen LogP contribution is -2.04. The fourth-order valence-corrected chi connectivity index (χ4v) is 3.23. The standard InChI is InChI=1S/C23H22F3NO4/c1-13-12-19(10-6-16(13)7-11-20(28)29)30-15(3)21-14(2)27-22(31-21)17-4-8-18(9-5-17)23(24,25)26/h4-6,8-10,12,15H,7,11H2,1-3H3,(H,28,29). The number of carboxylic acid groups (broad SMARTS) is 1. The summed E-state index contributed by atoms with van der Waals surface area (Å²) in [5.74, 6) is 0.438. The molecule has 3 rings (SSSR count). The van der Waals surface area contributed by atoms with Gasteiger partial charge in [-0.15, -0.1) is 0 Å². The first-order valence-electron chi connectivity index (χ1n) is 9.67. The molecule has 1 unspecified atom stereocenters. The van der Waals surface area contributed by atoms with Crippen molar-refractivity contribution in [3.63, 3.8) is 0 Å². The first-order chi connectivity index (χ1) is 14.5. The Hall–Kier alpha value is -3.29. The third-order valence-electron chi connectivity index (χ3n) is 4.90. The highest BCUT2D eigenvalue weighted by molar-refractivity contribution is 5.67. The van der Waals surface area contributed by atoms with Crippen molar-refractivity contribution in [2.24, 2.45) is 0 Å². The van der Waals surface area contributed by atoms with Crippen LogP contribution in [0.4, 0.5) is 13.2 Å². The number of rotatable bonds is 7. The van der Waals surface area contributed by atoms with Gasteiger partial charge in [0.2, 0.25) is 5.89 Å². The van der Waals surface area contributed by atoms with Gasteiger partial charge in [-0.3, -0.25) is 4.79 Å². The van der Waals surface area contributed by atoms with E-state index >= 15 is 0 Å². The van der Waals surface area contributed by atoms with Crippen LogP contribution < -0.4 is 4.74 Å². The molecule has 1 aromatic heterocycles. The van der Waals surface area contributed by atoms with Gasteiger partial charge in [-0.1, -0.05) is 6.07 Å². The Balaban J connectivity index is 1.74. The molecule has 1 atom stereocenters. The topological polar surface area (TPSA) is 72.6 Å². The summed E-state index contributed by atoms with van der Waals surface area (Å²) in [7, 11) is 0. The summed E-state index contributed by atoms with van der Waals surface area (Å²) in [6, 6.07) is 10.1. The maximum atomic E-state index is 12.8. The van der Waals surface area contributed by atoms with Crippen molar-refractivity contribution < 1.29 is 32.2 Å². The second kappa shape index (κ2) is 8.83. The molecule has 0 saturated heterocycles. The molecular formula is C23H22F3NO4. The van der Waals surface area contributed by atoms with Gasteiger partial charge in [0.05, 0.1) is 11.3 Å². The maximum absolute atomic E-state index is 12.8. The summed E-state index contributed by atoms with van der Waals surface area (Å²) < 4.78 is 50.0. The largest absolute Gasteiger partial charge is 0.483 e. The van der Waals surface area contributed by atoms with Gasteiger partial charge in [0, 0.05) is 12.0 Å². The molecule has 0 saturated carbocycles. The van der Waals surface area contributed by atoms with Crippen LogP contribution in [0.3, 0.4) is 0 Å². The number of hydrogen-bond acceptors (Lipinski definition) is 4. The molecule has 0 amide bonds. The van der Waals surface area contributed by atoms with Crippen molar-refractivity contribution in [1.29, 1.82) is 0 Å². The number of ether oxygens (including phenoxy) is 1. The number of aliphatic carboxylic acids is 1. The predicted octanol–water partition coefficient (Wildman–Crippen LogP) is 6.13. The lowest BCUT2D eigenvalue weighted by Gasteiger charge is -2.14. The van der Waals surface area contributed by atoms with Crippen molar-refractivity contribution in [3.05, 3.63) is 70.6 Å². The van der Waals surface area contributed by atoms with Crippen LogP contribution in [0.2, 0.25) is 0 Å². The molecule has 5 nitrogen and oxygen atoms in total. The van der Waals surface area contributed by atoms with E-state index in [1.54, 1.807) is 19.9 Å². The SMILES string of the molecule is Cc1cc(OC(C)c2oc(-c3ccc(C(F)(F)F)cc3)nc2C)ccc1CCC(=O)O. The average molecular weight is 433 g/mol. The second-order valence-corrected chi connectivity index (χ2v) is 7.29. The molecule has 31 heavy (non-hydrogen) atoms. The number of carboxylic acids is 1. The number of halogens is 3. The summed E-state index contributed by atoms with van der Waals surface area (Å²) >= 11 is 0. The molecule has 0 aliphatic carbocycles. The molecule has 0 radical (unpaired) electrons. The highest BCUT2D eigenvalue weighted by Gasteiger charge is 2.30. The normalized spacial score (nSPS) is 12.6. The summed E-state index contributed by atoms with van der Waals surface area (Å²) in [6.07, 6.45) is -4.39. The van der Waals surface area contributed by atoms with Gasteiger partial charge in [0.1, 0.15) is 5.75 Å². The molecule has 1 heterocycles. The molecule has 2 aromatic carbocycles. The van der Waals surface area contributed by atoms with Crippen molar-refractivity contribution in [2.75, 3.05) is 0 Å². The van der Waals surface area contributed by atoms with Crippen LogP contribution in [0.1, 0.15) is 47.6 Å². The molecular weight excluding hydrogens is 411 g/mol. The third kappa shape index (κ3) is 5.45. The van der Waals surface area contributed by atoms with Gasteiger partial charge >= 0.3 is 12.1 Å². The fourth-order valence-electron chi connectivity index (χ4n) is 3.23. The summed E-state index contributed by atoms with van der Waals surface area (Å²) in [6.45, 7) is 5.42. The van der Waals surface area contributed by atoms with Gasteiger partial charge in [-0.05, 0) is 74.7 Å². The quantitative estimate of drug-likeness (QED) is 0.485. The minimum atomic E-state index is -4.40. The van der Waals surface area contributed by atoms with Gasteiger partial charge in [0.15, 0.2) is 11.9 Å². The third-order valence-corrected chi connectivity index (χ3v) is 4.90. The van der Waals surface area contributed by atoms with Crippen LogP contribution in [0.5, 0.6) is 5.75 Å². The van der Waals surface area contributed by atoms with Crippen molar-refractivity contribution in [3.8, 4) is 17.2 Å². The molecule has 0 aliphatic heterocycles. The highest BCUT2D eigenvalue weighted by Crippen LogP contribution is 2.33. The first kappa shape index (κ1) is 22.4. The van der Waals surface area contributed by atoms with Crippen LogP contribution in [0.25, 0.3) is 11.5 Å². The van der Waals surface area contributed by atoms with E-state index in [0.29, 0.717) is 29.2 Å². The van der Waals surface area contributed by atoms with Crippen molar-refractivity contribution in [2.45, 2.75) is 45.9 Å². The van der Waals surface area contributed by atoms with Crippen molar-refractivity contribution >= 4 is 5.97 Å². The van der Waals surface area contributed by atoms with E-state index in [1.807, 2.05) is 19.1 Å². The number of nitrogens with zero attached hydrogens (tertiary/aromatic N) is 1. The Bertz CT molecular complexity index is 1070. The zero-order chi connectivity index (χ0) is 22.8. The Morgan fingerprint density at radius 2 is 1.84 bits per heavy atom. The number of alkyl halides is 3. The van der Waals surface area contributed by atoms with Crippen LogP contribution in [0.15, 0.2) is 46.9 Å². The molecule has 0 bridgehead atoms. The minimum Gasteiger partial charge on any atom is -0.483 e. The van der Waals surface area contributed by atoms with E-state index in [1.165, 1.54) is 12.1 Å². The average Bonchev–Trinajstić information content (AvgIpc) is 3.08. The van der Waals surface area contributed by atoms with E-state index in [2.05, 4.69) is 4.98 Å². The smallest absolute Gasteiger partial charge is 0.416 e. The molecule has 1 N–H and O–H groups in total. The Kier molecular flexibility index (Phi) is 6.38. The molecule has 0 spiro atoms. The Morgan fingerprint density at radius 3 is 2.42 bits per heavy atom. The number of benzene rings is 2. The van der Waals surface area contributed by atoms with E-state index in [4.69, 9.17) is 14.3 Å². The van der Waals surface area contributed by atoms with Gasteiger partial charge in [-0.25, -0.2) is 4.98 Å². The second-order valence-electron chi connectivity index (χ2n) is 7.29. The highest BCUT2D eigenvalue weighted by atomic mass is 19.4. The molecule has 0 aliphatic rings. The lowest BCUT2D eigenvalue weighted by atomic mass is 10.0. The summed E-state index contributed by atoms with van der Waals surface area (Å²) in [5.41, 5.74) is 2.14. The summed E-state index contributed by atoms with van der Waals surface area (Å²) in [4.78, 5) is 15.1. The van der Waals surface area contributed by atoms with Crippen LogP contribution in [0, 0.1) is 13.8 Å². The van der Waals surface area contributed by atoms with E-state index in [-0.39, 0.29) is 12.3 Å². The van der Waals surface area contributed by atoms with E-state index in [9.17, 15) is 18.0 Å². The minimum absolute atomic E-state index is 0.0570. The van der Waals surface area contributed by atoms with Crippen LogP contribution in [-0.4, -0.2) is 16.1 Å². The Labute approximate surface area is 177 Å². The van der Waals surface area contributed by atoms with Gasteiger partial charge in [0.25, 0.3) is 0 Å². The van der Waals surface area contributed by atoms with E-state index < -0.39 is 23.8 Å². The number of hydrogen-bond donors (Lipinski definition) is 1.